The molecule has 0 unspecified atom stereocenters. The van der Waals surface area contributed by atoms with Crippen molar-refractivity contribution in [2.24, 2.45) is 0 Å². The maximum atomic E-state index is 12.8. The van der Waals surface area contributed by atoms with Gasteiger partial charge in [0.1, 0.15) is 5.82 Å². The summed E-state index contributed by atoms with van der Waals surface area (Å²) in [6.07, 6.45) is 2.95. The number of nitrogens with one attached hydrogen (secondary N) is 1. The van der Waals surface area contributed by atoms with Gasteiger partial charge in [0, 0.05) is 37.8 Å². The molecule has 1 aromatic carbocycles. The molecule has 2 aromatic heterocycles. The Morgan fingerprint density at radius 1 is 1.10 bits per heavy atom. The van der Waals surface area contributed by atoms with Gasteiger partial charge < -0.3 is 9.88 Å². The van der Waals surface area contributed by atoms with Crippen molar-refractivity contribution in [2.45, 2.75) is 38.8 Å². The molecule has 3 heterocycles. The number of nitrogens with zero attached hydrogens (tertiary/aromatic N) is 4. The van der Waals surface area contributed by atoms with E-state index in [-0.39, 0.29) is 23.1 Å². The summed E-state index contributed by atoms with van der Waals surface area (Å²) in [5, 5.41) is 4.66. The first-order chi connectivity index (χ1) is 14.6. The number of rotatable bonds is 5. The third-order valence-corrected chi connectivity index (χ3v) is 5.62. The molecule has 1 amide bonds. The highest BCUT2D eigenvalue weighted by Gasteiger charge is 2.28. The number of pyridine rings is 1. The molecule has 3 aromatic rings. The van der Waals surface area contributed by atoms with Gasteiger partial charge in [-0.1, -0.05) is 30.3 Å². The van der Waals surface area contributed by atoms with E-state index >= 15 is 0 Å². The number of hydrogen-bond donors (Lipinski definition) is 1. The average molecular weight is 407 g/mol. The molecular weight excluding hydrogens is 382 g/mol. The zero-order valence-corrected chi connectivity index (χ0v) is 17.0. The fourth-order valence-electron chi connectivity index (χ4n) is 3.98. The van der Waals surface area contributed by atoms with Crippen LogP contribution in [0, 0.1) is 0 Å². The van der Waals surface area contributed by atoms with Gasteiger partial charge in [-0.25, -0.2) is 9.48 Å². The van der Waals surface area contributed by atoms with Crippen LogP contribution in [0.4, 0.5) is 0 Å². The zero-order valence-electron chi connectivity index (χ0n) is 17.0. The summed E-state index contributed by atoms with van der Waals surface area (Å²) in [7, 11) is 0. The Morgan fingerprint density at radius 3 is 2.47 bits per heavy atom. The molecule has 0 spiro atoms. The Hall–Kier alpha value is -3.42. The van der Waals surface area contributed by atoms with Crippen LogP contribution in [0.25, 0.3) is 0 Å². The van der Waals surface area contributed by atoms with Crippen molar-refractivity contribution in [2.75, 3.05) is 13.1 Å². The van der Waals surface area contributed by atoms with E-state index in [0.29, 0.717) is 31.7 Å². The predicted octanol–water partition coefficient (Wildman–Crippen LogP) is 1.82. The van der Waals surface area contributed by atoms with Gasteiger partial charge in [0.05, 0.1) is 12.1 Å². The van der Waals surface area contributed by atoms with Crippen LogP contribution in [0.1, 0.15) is 47.4 Å². The molecule has 0 radical (unpaired) electrons. The molecule has 1 fully saturated rings. The van der Waals surface area contributed by atoms with Crippen LogP contribution >= 0.6 is 0 Å². The molecule has 1 N–H and O–H groups in total. The number of piperidine rings is 1. The van der Waals surface area contributed by atoms with Gasteiger partial charge in [0.2, 0.25) is 5.56 Å². The molecule has 1 aliphatic heterocycles. The maximum Gasteiger partial charge on any atom is 0.346 e. The molecule has 0 aliphatic carbocycles. The van der Waals surface area contributed by atoms with Crippen LogP contribution in [0.2, 0.25) is 0 Å². The zero-order chi connectivity index (χ0) is 21.1. The summed E-state index contributed by atoms with van der Waals surface area (Å²) in [4.78, 5) is 41.0. The molecule has 1 aliphatic rings. The van der Waals surface area contributed by atoms with Crippen molar-refractivity contribution in [1.29, 1.82) is 0 Å². The van der Waals surface area contributed by atoms with E-state index in [4.69, 9.17) is 0 Å². The second kappa shape index (κ2) is 8.52. The maximum absolute atomic E-state index is 12.8. The van der Waals surface area contributed by atoms with E-state index in [1.807, 2.05) is 37.3 Å². The molecule has 156 valence electrons. The summed E-state index contributed by atoms with van der Waals surface area (Å²) in [6, 6.07) is 12.7. The summed E-state index contributed by atoms with van der Waals surface area (Å²) in [6.45, 7) is 4.15. The van der Waals surface area contributed by atoms with Crippen molar-refractivity contribution in [3.8, 4) is 0 Å². The highest BCUT2D eigenvalue weighted by Crippen LogP contribution is 2.27. The molecule has 8 heteroatoms. The Morgan fingerprint density at radius 2 is 1.83 bits per heavy atom. The number of amides is 1. The van der Waals surface area contributed by atoms with Gasteiger partial charge in [0.15, 0.2) is 0 Å². The summed E-state index contributed by atoms with van der Waals surface area (Å²) >= 11 is 0. The Kier molecular flexibility index (Phi) is 5.65. The molecule has 1 saturated heterocycles. The summed E-state index contributed by atoms with van der Waals surface area (Å²) < 4.78 is 3.28. The minimum absolute atomic E-state index is 0.0906. The SMILES string of the molecule is CCn1c(C2CCN(C(=O)c3ccc(=O)[nH]c3)CC2)nn(Cc2ccccc2)c1=O. The molecule has 4 rings (SSSR count). The van der Waals surface area contributed by atoms with Gasteiger partial charge >= 0.3 is 5.69 Å². The normalized spacial score (nSPS) is 14.8. The van der Waals surface area contributed by atoms with E-state index in [1.54, 1.807) is 15.5 Å². The van der Waals surface area contributed by atoms with Gasteiger partial charge in [-0.3, -0.25) is 14.2 Å². The van der Waals surface area contributed by atoms with Crippen LogP contribution in [-0.4, -0.2) is 43.2 Å². The summed E-state index contributed by atoms with van der Waals surface area (Å²) in [5.41, 5.74) is 1.19. The first-order valence-electron chi connectivity index (χ1n) is 10.3. The van der Waals surface area contributed by atoms with Crippen LogP contribution in [0.5, 0.6) is 0 Å². The third kappa shape index (κ3) is 3.98. The van der Waals surface area contributed by atoms with Gasteiger partial charge in [-0.05, 0) is 31.4 Å². The topological polar surface area (TPSA) is 93.0 Å². The third-order valence-electron chi connectivity index (χ3n) is 5.62. The number of benzene rings is 1. The van der Waals surface area contributed by atoms with Crippen LogP contribution in [0.3, 0.4) is 0 Å². The number of aromatic amines is 1. The van der Waals surface area contributed by atoms with Crippen LogP contribution in [0.15, 0.2) is 58.3 Å². The lowest BCUT2D eigenvalue weighted by molar-refractivity contribution is 0.0709. The van der Waals surface area contributed by atoms with E-state index in [2.05, 4.69) is 10.1 Å². The number of carbonyl (C=O) groups excluding carboxylic acids is 1. The standard InChI is InChI=1S/C22H25N5O3/c1-2-26-20(24-27(22(26)30)15-16-6-4-3-5-7-16)17-10-12-25(13-11-17)21(29)18-8-9-19(28)23-14-18/h3-9,14,17H,2,10-13,15H2,1H3,(H,23,28). The van der Waals surface area contributed by atoms with E-state index in [1.165, 1.54) is 16.9 Å². The number of carbonyl (C=O) groups is 1. The van der Waals surface area contributed by atoms with Crippen molar-refractivity contribution in [1.82, 2.24) is 24.2 Å². The van der Waals surface area contributed by atoms with Crippen LogP contribution in [-0.2, 0) is 13.1 Å². The molecular formula is C22H25N5O3. The van der Waals surface area contributed by atoms with Crippen molar-refractivity contribution >= 4 is 5.91 Å². The molecule has 0 bridgehead atoms. The highest BCUT2D eigenvalue weighted by molar-refractivity contribution is 5.93. The second-order valence-corrected chi connectivity index (χ2v) is 7.54. The largest absolute Gasteiger partial charge is 0.346 e. The Bertz CT molecular complexity index is 1120. The highest BCUT2D eigenvalue weighted by atomic mass is 16.2. The van der Waals surface area contributed by atoms with Gasteiger partial charge in [-0.2, -0.15) is 5.10 Å². The first kappa shape index (κ1) is 19.9. The Balaban J connectivity index is 1.48. The fraction of sp³-hybridized carbons (Fsp3) is 0.364. The average Bonchev–Trinajstić information content (AvgIpc) is 3.09. The van der Waals surface area contributed by atoms with Crippen molar-refractivity contribution < 1.29 is 4.79 Å². The van der Waals surface area contributed by atoms with Crippen molar-refractivity contribution in [3.63, 3.8) is 0 Å². The van der Waals surface area contributed by atoms with E-state index < -0.39 is 0 Å². The minimum Gasteiger partial charge on any atom is -0.339 e. The summed E-state index contributed by atoms with van der Waals surface area (Å²) in [5.74, 6) is 0.844. The number of hydrogen-bond acceptors (Lipinski definition) is 4. The quantitative estimate of drug-likeness (QED) is 0.698. The monoisotopic (exact) mass is 407 g/mol. The Labute approximate surface area is 173 Å². The lowest BCUT2D eigenvalue weighted by Crippen LogP contribution is -2.38. The molecule has 0 saturated carbocycles. The van der Waals surface area contributed by atoms with Crippen molar-refractivity contribution in [3.05, 3.63) is 86.5 Å². The lowest BCUT2D eigenvalue weighted by atomic mass is 9.95. The van der Waals surface area contributed by atoms with E-state index in [0.717, 1.165) is 24.2 Å². The smallest absolute Gasteiger partial charge is 0.339 e. The first-order valence-corrected chi connectivity index (χ1v) is 10.3. The molecule has 0 atom stereocenters. The number of H-pyrrole nitrogens is 1. The van der Waals surface area contributed by atoms with Crippen LogP contribution < -0.4 is 11.2 Å². The van der Waals surface area contributed by atoms with Gasteiger partial charge in [-0.15, -0.1) is 0 Å². The predicted molar refractivity (Wildman–Crippen MR) is 113 cm³/mol. The second-order valence-electron chi connectivity index (χ2n) is 7.54. The minimum atomic E-state index is -0.228. The van der Waals surface area contributed by atoms with Gasteiger partial charge in [0.25, 0.3) is 5.91 Å². The molecule has 30 heavy (non-hydrogen) atoms. The lowest BCUT2D eigenvalue weighted by Gasteiger charge is -2.31. The fourth-order valence-corrected chi connectivity index (χ4v) is 3.98. The number of likely N-dealkylation sites (tertiary alicyclic amines) is 1. The van der Waals surface area contributed by atoms with E-state index in [9.17, 15) is 14.4 Å². The number of aromatic nitrogens is 4. The molecule has 8 nitrogen and oxygen atoms in total.